The first kappa shape index (κ1) is 22.0. The Balaban J connectivity index is 2.05. The second kappa shape index (κ2) is 9.41. The molecule has 0 aromatic heterocycles. The smallest absolute Gasteiger partial charge is 0.273 e. The number of carbonyl (C=O) groups excluding carboxylic acids is 2. The Bertz CT molecular complexity index is 1160. The van der Waals surface area contributed by atoms with E-state index in [1.54, 1.807) is 43.3 Å². The zero-order valence-electron chi connectivity index (χ0n) is 16.9. The number of hydrogen-bond acceptors (Lipinski definition) is 7. The largest absolute Gasteiger partial charge is 0.353 e. The maximum absolute atomic E-state index is 12.5. The number of nitriles is 1. The molecule has 0 amide bonds. The van der Waals surface area contributed by atoms with Crippen molar-refractivity contribution in [3.8, 4) is 6.07 Å². The Hall–Kier alpha value is -3.70. The molecule has 1 N–H and O–H groups in total. The number of thioether (sulfide) groups is 1. The zero-order chi connectivity index (χ0) is 22.5. The molecule has 1 heterocycles. The predicted octanol–water partition coefficient (Wildman–Crippen LogP) is 4.50. The summed E-state index contributed by atoms with van der Waals surface area (Å²) in [5.41, 5.74) is 1.63. The molecule has 1 aliphatic rings. The SMILES string of the molecule is CC(=O)C1=C(C)NC(SCC(=O)c2ccccc2)=C(C#N)[C@H]1c1ccccc1[N+](=O)[O-]. The number of allylic oxidation sites excluding steroid dienone is 3. The molecule has 8 heteroatoms. The maximum Gasteiger partial charge on any atom is 0.273 e. The Kier molecular flexibility index (Phi) is 6.68. The Morgan fingerprint density at radius 1 is 1.16 bits per heavy atom. The number of benzene rings is 2. The summed E-state index contributed by atoms with van der Waals surface area (Å²) in [6.07, 6.45) is 0. The third-order valence-corrected chi connectivity index (χ3v) is 5.93. The van der Waals surface area contributed by atoms with Crippen LogP contribution in [0.3, 0.4) is 0 Å². The van der Waals surface area contributed by atoms with Crippen molar-refractivity contribution in [1.82, 2.24) is 5.32 Å². The van der Waals surface area contributed by atoms with E-state index in [1.807, 2.05) is 6.07 Å². The van der Waals surface area contributed by atoms with Crippen molar-refractivity contribution in [3.63, 3.8) is 0 Å². The number of para-hydroxylation sites is 1. The normalized spacial score (nSPS) is 15.8. The number of nitrogens with one attached hydrogen (secondary N) is 1. The number of carbonyl (C=O) groups is 2. The lowest BCUT2D eigenvalue weighted by Crippen LogP contribution is -2.27. The standard InChI is InChI=1S/C23H19N3O4S/c1-14-21(15(2)27)22(17-10-6-7-11-19(17)26(29)30)18(12-24)23(25-14)31-13-20(28)16-8-4-3-5-9-16/h3-11,22,25H,13H2,1-2H3/t22-/m1/s1. The van der Waals surface area contributed by atoms with Gasteiger partial charge in [0.05, 0.1) is 33.3 Å². The van der Waals surface area contributed by atoms with Gasteiger partial charge in [-0.1, -0.05) is 60.3 Å². The summed E-state index contributed by atoms with van der Waals surface area (Å²) in [6, 6.07) is 17.0. The molecule has 2 aromatic rings. The quantitative estimate of drug-likeness (QED) is 0.389. The number of hydrogen-bond donors (Lipinski definition) is 1. The van der Waals surface area contributed by atoms with Crippen LogP contribution >= 0.6 is 11.8 Å². The first-order valence-electron chi connectivity index (χ1n) is 9.42. The zero-order valence-corrected chi connectivity index (χ0v) is 17.7. The van der Waals surface area contributed by atoms with E-state index in [0.717, 1.165) is 11.8 Å². The Labute approximate surface area is 183 Å². The molecule has 31 heavy (non-hydrogen) atoms. The number of nitro groups is 1. The van der Waals surface area contributed by atoms with Crippen LogP contribution in [-0.2, 0) is 4.79 Å². The summed E-state index contributed by atoms with van der Waals surface area (Å²) < 4.78 is 0. The third-order valence-electron chi connectivity index (χ3n) is 4.91. The first-order chi connectivity index (χ1) is 14.8. The van der Waals surface area contributed by atoms with Crippen LogP contribution in [0.2, 0.25) is 0 Å². The fourth-order valence-corrected chi connectivity index (χ4v) is 4.53. The van der Waals surface area contributed by atoms with Crippen LogP contribution in [0.15, 0.2) is 76.5 Å². The van der Waals surface area contributed by atoms with Gasteiger partial charge >= 0.3 is 0 Å². The van der Waals surface area contributed by atoms with Gasteiger partial charge in [0.2, 0.25) is 0 Å². The number of Topliss-reactive ketones (excluding diaryl/α,β-unsaturated/α-hetero) is 2. The van der Waals surface area contributed by atoms with Gasteiger partial charge in [-0.05, 0) is 13.8 Å². The second-order valence-electron chi connectivity index (χ2n) is 6.90. The van der Waals surface area contributed by atoms with E-state index < -0.39 is 10.8 Å². The lowest BCUT2D eigenvalue weighted by atomic mass is 9.80. The van der Waals surface area contributed by atoms with Gasteiger partial charge in [-0.3, -0.25) is 19.7 Å². The van der Waals surface area contributed by atoms with Gasteiger partial charge < -0.3 is 5.32 Å². The monoisotopic (exact) mass is 433 g/mol. The molecule has 0 aliphatic carbocycles. The van der Waals surface area contributed by atoms with E-state index in [2.05, 4.69) is 11.4 Å². The molecule has 156 valence electrons. The van der Waals surface area contributed by atoms with Crippen molar-refractivity contribution >= 4 is 29.0 Å². The van der Waals surface area contributed by atoms with Crippen molar-refractivity contribution in [2.75, 3.05) is 5.75 Å². The molecule has 0 saturated carbocycles. The minimum absolute atomic E-state index is 0.0732. The van der Waals surface area contributed by atoms with E-state index in [-0.39, 0.29) is 34.1 Å². The second-order valence-corrected chi connectivity index (χ2v) is 7.89. The average molecular weight is 433 g/mol. The van der Waals surface area contributed by atoms with Crippen molar-refractivity contribution in [2.24, 2.45) is 0 Å². The highest BCUT2D eigenvalue weighted by atomic mass is 32.2. The molecule has 7 nitrogen and oxygen atoms in total. The summed E-state index contributed by atoms with van der Waals surface area (Å²) in [7, 11) is 0. The van der Waals surface area contributed by atoms with Gasteiger partial charge in [-0.25, -0.2) is 0 Å². The molecule has 0 saturated heterocycles. The molecule has 0 fully saturated rings. The fraction of sp³-hybridized carbons (Fsp3) is 0.174. The number of rotatable bonds is 7. The van der Waals surface area contributed by atoms with Crippen molar-refractivity contribution in [3.05, 3.63) is 97.7 Å². The molecule has 0 unspecified atom stereocenters. The van der Waals surface area contributed by atoms with Gasteiger partial charge in [-0.2, -0.15) is 5.26 Å². The summed E-state index contributed by atoms with van der Waals surface area (Å²) in [6.45, 7) is 3.06. The van der Waals surface area contributed by atoms with Crippen LogP contribution in [0, 0.1) is 21.4 Å². The van der Waals surface area contributed by atoms with E-state index in [9.17, 15) is 25.0 Å². The summed E-state index contributed by atoms with van der Waals surface area (Å²) >= 11 is 1.14. The van der Waals surface area contributed by atoms with Gasteiger partial charge in [0, 0.05) is 28.5 Å². The van der Waals surface area contributed by atoms with Crippen LogP contribution in [0.1, 0.15) is 35.7 Å². The molecular weight excluding hydrogens is 414 g/mol. The van der Waals surface area contributed by atoms with E-state index in [0.29, 0.717) is 21.9 Å². The minimum atomic E-state index is -0.889. The highest BCUT2D eigenvalue weighted by Gasteiger charge is 2.36. The average Bonchev–Trinajstić information content (AvgIpc) is 2.77. The van der Waals surface area contributed by atoms with E-state index >= 15 is 0 Å². The highest BCUT2D eigenvalue weighted by Crippen LogP contribution is 2.43. The van der Waals surface area contributed by atoms with Crippen molar-refractivity contribution in [1.29, 1.82) is 5.26 Å². The maximum atomic E-state index is 12.5. The van der Waals surface area contributed by atoms with Crippen LogP contribution in [0.5, 0.6) is 0 Å². The third kappa shape index (κ3) is 4.57. The molecule has 1 atom stereocenters. The number of nitrogens with zero attached hydrogens (tertiary/aromatic N) is 2. The minimum Gasteiger partial charge on any atom is -0.353 e. The Morgan fingerprint density at radius 2 is 1.81 bits per heavy atom. The number of nitro benzene ring substituents is 1. The lowest BCUT2D eigenvalue weighted by molar-refractivity contribution is -0.385. The van der Waals surface area contributed by atoms with Gasteiger partial charge in [0.1, 0.15) is 0 Å². The summed E-state index contributed by atoms with van der Waals surface area (Å²) in [5.74, 6) is -1.22. The Morgan fingerprint density at radius 3 is 2.42 bits per heavy atom. The molecular formula is C23H19N3O4S. The fourth-order valence-electron chi connectivity index (χ4n) is 3.55. The first-order valence-corrected chi connectivity index (χ1v) is 10.4. The van der Waals surface area contributed by atoms with Crippen LogP contribution in [0.25, 0.3) is 0 Å². The summed E-state index contributed by atoms with van der Waals surface area (Å²) in [4.78, 5) is 36.0. The summed E-state index contributed by atoms with van der Waals surface area (Å²) in [5, 5.41) is 25.0. The molecule has 1 aliphatic heterocycles. The topological polar surface area (TPSA) is 113 Å². The highest BCUT2D eigenvalue weighted by molar-refractivity contribution is 8.03. The van der Waals surface area contributed by atoms with Gasteiger partial charge in [0.25, 0.3) is 5.69 Å². The van der Waals surface area contributed by atoms with E-state index in [1.165, 1.54) is 19.1 Å². The van der Waals surface area contributed by atoms with Crippen molar-refractivity contribution < 1.29 is 14.5 Å². The molecule has 0 radical (unpaired) electrons. The predicted molar refractivity (Wildman–Crippen MR) is 118 cm³/mol. The molecule has 3 rings (SSSR count). The number of dihydropyridines is 1. The van der Waals surface area contributed by atoms with Crippen LogP contribution in [-0.4, -0.2) is 22.2 Å². The lowest BCUT2D eigenvalue weighted by Gasteiger charge is -2.29. The van der Waals surface area contributed by atoms with Crippen LogP contribution in [0.4, 0.5) is 5.69 Å². The van der Waals surface area contributed by atoms with E-state index in [4.69, 9.17) is 0 Å². The molecule has 0 bridgehead atoms. The van der Waals surface area contributed by atoms with Crippen LogP contribution < -0.4 is 5.32 Å². The van der Waals surface area contributed by atoms with Crippen molar-refractivity contribution in [2.45, 2.75) is 19.8 Å². The van der Waals surface area contributed by atoms with Gasteiger partial charge in [-0.15, -0.1) is 0 Å². The number of ketones is 2. The van der Waals surface area contributed by atoms with Gasteiger partial charge in [0.15, 0.2) is 11.6 Å². The molecule has 0 spiro atoms. The molecule has 2 aromatic carbocycles.